The molecule has 0 bridgehead atoms. The summed E-state index contributed by atoms with van der Waals surface area (Å²) >= 11 is 1.55. The fourth-order valence-electron chi connectivity index (χ4n) is 3.01. The van der Waals surface area contributed by atoms with E-state index in [0.29, 0.717) is 25.9 Å². The van der Waals surface area contributed by atoms with Crippen LogP contribution in [0.2, 0.25) is 0 Å². The van der Waals surface area contributed by atoms with E-state index in [1.54, 1.807) is 11.3 Å². The Bertz CT molecular complexity index is 714. The van der Waals surface area contributed by atoms with E-state index in [-0.39, 0.29) is 17.8 Å². The number of rotatable bonds is 2. The average Bonchev–Trinajstić information content (AvgIpc) is 2.91. The molecule has 0 saturated carbocycles. The molecule has 0 N–H and O–H groups in total. The van der Waals surface area contributed by atoms with Crippen LogP contribution >= 0.6 is 11.3 Å². The van der Waals surface area contributed by atoms with Crippen LogP contribution < -0.4 is 0 Å². The van der Waals surface area contributed by atoms with Crippen LogP contribution in [0.25, 0.3) is 10.1 Å². The van der Waals surface area contributed by atoms with Gasteiger partial charge in [0.15, 0.2) is 0 Å². The number of likely N-dealkylation sites (tertiary alicyclic amines) is 1. The number of hydrogen-bond acceptors (Lipinski definition) is 4. The lowest BCUT2D eigenvalue weighted by atomic mass is 9.97. The van der Waals surface area contributed by atoms with Crippen molar-refractivity contribution in [2.24, 2.45) is 5.92 Å². The molecule has 2 aromatic rings. The summed E-state index contributed by atoms with van der Waals surface area (Å²) in [5.41, 5.74) is 1.06. The third-order valence-corrected chi connectivity index (χ3v) is 5.62. The smallest absolute Gasteiger partial charge is 0.308 e. The van der Waals surface area contributed by atoms with Crippen molar-refractivity contribution < 1.29 is 14.3 Å². The Hall–Kier alpha value is -1.88. The van der Waals surface area contributed by atoms with Crippen molar-refractivity contribution in [1.29, 1.82) is 0 Å². The summed E-state index contributed by atoms with van der Waals surface area (Å²) in [5.74, 6) is -0.148. The minimum Gasteiger partial charge on any atom is -0.469 e. The largest absolute Gasteiger partial charge is 0.469 e. The summed E-state index contributed by atoms with van der Waals surface area (Å²) in [6.45, 7) is 3.24. The lowest BCUT2D eigenvalue weighted by molar-refractivity contribution is -0.146. The molecule has 0 radical (unpaired) electrons. The second kappa shape index (κ2) is 6.08. The highest BCUT2D eigenvalue weighted by Crippen LogP contribution is 2.32. The van der Waals surface area contributed by atoms with Crippen molar-refractivity contribution in [2.45, 2.75) is 19.8 Å². The van der Waals surface area contributed by atoms with Crippen LogP contribution in [-0.2, 0) is 9.53 Å². The van der Waals surface area contributed by atoms with Crippen LogP contribution in [0.15, 0.2) is 24.3 Å². The minimum absolute atomic E-state index is 0.0717. The molecule has 1 aliphatic heterocycles. The molecule has 2 heterocycles. The second-order valence-electron chi connectivity index (χ2n) is 5.64. The maximum Gasteiger partial charge on any atom is 0.308 e. The predicted molar refractivity (Wildman–Crippen MR) is 87.2 cm³/mol. The number of fused-ring (bicyclic) bond motifs is 1. The van der Waals surface area contributed by atoms with Crippen molar-refractivity contribution in [1.82, 2.24) is 4.90 Å². The fourth-order valence-corrected chi connectivity index (χ4v) is 4.18. The van der Waals surface area contributed by atoms with E-state index in [2.05, 4.69) is 6.07 Å². The first-order valence-corrected chi connectivity index (χ1v) is 8.28. The van der Waals surface area contributed by atoms with Gasteiger partial charge >= 0.3 is 5.97 Å². The van der Waals surface area contributed by atoms with E-state index in [1.165, 1.54) is 7.11 Å². The number of esters is 1. The van der Waals surface area contributed by atoms with E-state index in [1.807, 2.05) is 30.0 Å². The Balaban J connectivity index is 1.77. The minimum atomic E-state index is -0.162. The molecule has 0 atom stereocenters. The third-order valence-electron chi connectivity index (χ3n) is 4.35. The van der Waals surface area contributed by atoms with Crippen LogP contribution in [0.4, 0.5) is 0 Å². The first-order valence-electron chi connectivity index (χ1n) is 7.47. The van der Waals surface area contributed by atoms with Gasteiger partial charge in [0.05, 0.1) is 17.9 Å². The van der Waals surface area contributed by atoms with Crippen LogP contribution in [0.5, 0.6) is 0 Å². The summed E-state index contributed by atoms with van der Waals surface area (Å²) in [6.07, 6.45) is 1.37. The highest BCUT2D eigenvalue weighted by Gasteiger charge is 2.29. The molecular weight excluding hydrogens is 298 g/mol. The number of aryl methyl sites for hydroxylation is 1. The number of nitrogens with zero attached hydrogens (tertiary/aromatic N) is 1. The van der Waals surface area contributed by atoms with Gasteiger partial charge in [-0.15, -0.1) is 11.3 Å². The number of amides is 1. The van der Waals surface area contributed by atoms with Crippen molar-refractivity contribution in [3.05, 3.63) is 34.7 Å². The van der Waals surface area contributed by atoms with Gasteiger partial charge in [-0.05, 0) is 36.8 Å². The standard InChI is InChI=1S/C17H19NO3S/c1-11-13-5-3-4-6-14(13)22-15(11)16(19)18-9-7-12(8-10-18)17(20)21-2/h3-6,12H,7-10H2,1-2H3. The number of benzene rings is 1. The third kappa shape index (κ3) is 2.61. The van der Waals surface area contributed by atoms with Gasteiger partial charge < -0.3 is 9.64 Å². The lowest BCUT2D eigenvalue weighted by Crippen LogP contribution is -2.40. The molecule has 0 unspecified atom stereocenters. The van der Waals surface area contributed by atoms with E-state index in [9.17, 15) is 9.59 Å². The van der Waals surface area contributed by atoms with E-state index < -0.39 is 0 Å². The Morgan fingerprint density at radius 2 is 1.91 bits per heavy atom. The van der Waals surface area contributed by atoms with Crippen LogP contribution in [0, 0.1) is 12.8 Å². The number of ether oxygens (including phenoxy) is 1. The number of hydrogen-bond donors (Lipinski definition) is 0. The van der Waals surface area contributed by atoms with Crippen molar-refractivity contribution >= 4 is 33.3 Å². The van der Waals surface area contributed by atoms with Crippen molar-refractivity contribution in [2.75, 3.05) is 20.2 Å². The molecule has 1 fully saturated rings. The Labute approximate surface area is 133 Å². The molecule has 22 heavy (non-hydrogen) atoms. The van der Waals surface area contributed by atoms with Gasteiger partial charge in [0.1, 0.15) is 0 Å². The van der Waals surface area contributed by atoms with Crippen molar-refractivity contribution in [3.8, 4) is 0 Å². The number of carbonyl (C=O) groups is 2. The summed E-state index contributed by atoms with van der Waals surface area (Å²) in [6, 6.07) is 8.10. The highest BCUT2D eigenvalue weighted by atomic mass is 32.1. The van der Waals surface area contributed by atoms with Gasteiger partial charge in [-0.2, -0.15) is 0 Å². The van der Waals surface area contributed by atoms with Crippen LogP contribution in [0.3, 0.4) is 0 Å². The maximum atomic E-state index is 12.8. The molecular formula is C17H19NO3S. The number of piperidine rings is 1. The molecule has 1 aliphatic rings. The molecule has 116 valence electrons. The molecule has 3 rings (SSSR count). The summed E-state index contributed by atoms with van der Waals surface area (Å²) in [7, 11) is 1.42. The monoisotopic (exact) mass is 317 g/mol. The Kier molecular flexibility index (Phi) is 4.16. The molecule has 5 heteroatoms. The molecule has 1 aromatic heterocycles. The van der Waals surface area contributed by atoms with E-state index in [0.717, 1.165) is 20.5 Å². The second-order valence-corrected chi connectivity index (χ2v) is 6.69. The quantitative estimate of drug-likeness (QED) is 0.799. The maximum absolute atomic E-state index is 12.8. The van der Waals surface area contributed by atoms with Crippen molar-refractivity contribution in [3.63, 3.8) is 0 Å². The summed E-state index contributed by atoms with van der Waals surface area (Å²) in [4.78, 5) is 27.0. The SMILES string of the molecule is COC(=O)C1CCN(C(=O)c2sc3ccccc3c2C)CC1. The average molecular weight is 317 g/mol. The number of carbonyl (C=O) groups excluding carboxylic acids is 2. The molecule has 0 aliphatic carbocycles. The van der Waals surface area contributed by atoms with Crippen LogP contribution in [0.1, 0.15) is 28.1 Å². The lowest BCUT2D eigenvalue weighted by Gasteiger charge is -2.30. The highest BCUT2D eigenvalue weighted by molar-refractivity contribution is 7.21. The zero-order valence-electron chi connectivity index (χ0n) is 12.8. The van der Waals surface area contributed by atoms with Gasteiger partial charge in [0.25, 0.3) is 5.91 Å². The molecule has 1 amide bonds. The summed E-state index contributed by atoms with van der Waals surface area (Å²) < 4.78 is 5.93. The van der Waals surface area contributed by atoms with E-state index >= 15 is 0 Å². The van der Waals surface area contributed by atoms with Gasteiger partial charge in [0, 0.05) is 17.8 Å². The Morgan fingerprint density at radius 3 is 2.55 bits per heavy atom. The molecule has 0 spiro atoms. The molecule has 4 nitrogen and oxygen atoms in total. The normalized spacial score (nSPS) is 16.0. The van der Waals surface area contributed by atoms with Gasteiger partial charge in [-0.3, -0.25) is 9.59 Å². The van der Waals surface area contributed by atoms with Gasteiger partial charge in [0.2, 0.25) is 0 Å². The van der Waals surface area contributed by atoms with Crippen LogP contribution in [-0.4, -0.2) is 37.0 Å². The predicted octanol–water partition coefficient (Wildman–Crippen LogP) is 3.23. The Morgan fingerprint density at radius 1 is 1.23 bits per heavy atom. The zero-order chi connectivity index (χ0) is 15.7. The van der Waals surface area contributed by atoms with E-state index in [4.69, 9.17) is 4.74 Å². The topological polar surface area (TPSA) is 46.6 Å². The first-order chi connectivity index (χ1) is 10.6. The molecule has 1 aromatic carbocycles. The number of thiophene rings is 1. The fraction of sp³-hybridized carbons (Fsp3) is 0.412. The zero-order valence-corrected chi connectivity index (χ0v) is 13.6. The summed E-state index contributed by atoms with van der Waals surface area (Å²) in [5, 5.41) is 1.15. The number of methoxy groups -OCH3 is 1. The molecule has 1 saturated heterocycles. The first kappa shape index (κ1) is 15.0. The van der Waals surface area contributed by atoms with Gasteiger partial charge in [-0.25, -0.2) is 0 Å². The van der Waals surface area contributed by atoms with Gasteiger partial charge in [-0.1, -0.05) is 18.2 Å².